The summed E-state index contributed by atoms with van der Waals surface area (Å²) in [5.41, 5.74) is 0. The van der Waals surface area contributed by atoms with Crippen LogP contribution in [0.15, 0.2) is 0 Å². The van der Waals surface area contributed by atoms with Crippen LogP contribution in [0.3, 0.4) is 0 Å². The average molecular weight is 269 g/mol. The van der Waals surface area contributed by atoms with Crippen molar-refractivity contribution in [2.24, 2.45) is 5.92 Å². The molecular formula is C13H23N3O3. The summed E-state index contributed by atoms with van der Waals surface area (Å²) in [5, 5.41) is 8.95. The van der Waals surface area contributed by atoms with Crippen molar-refractivity contribution >= 4 is 11.8 Å². The first-order valence-corrected chi connectivity index (χ1v) is 6.95. The van der Waals surface area contributed by atoms with Gasteiger partial charge in [-0.05, 0) is 26.2 Å². The Bertz CT molecular complexity index is 348. The van der Waals surface area contributed by atoms with E-state index in [9.17, 15) is 9.59 Å². The zero-order valence-corrected chi connectivity index (χ0v) is 11.6. The number of fused-ring (bicyclic) bond motifs is 2. The maximum Gasteiger partial charge on any atom is 0.242 e. The zero-order chi connectivity index (χ0) is 13.8. The molecule has 108 valence electrons. The second kappa shape index (κ2) is 6.34. The van der Waals surface area contributed by atoms with E-state index in [0.717, 1.165) is 12.8 Å². The first kappa shape index (κ1) is 14.3. The molecule has 2 aliphatic heterocycles. The molecule has 3 N–H and O–H groups in total. The third-order valence-corrected chi connectivity index (χ3v) is 3.99. The van der Waals surface area contributed by atoms with E-state index in [1.807, 2.05) is 0 Å². The van der Waals surface area contributed by atoms with Crippen LogP contribution in [0.1, 0.15) is 26.2 Å². The number of carbonyl (C=O) groups is 2. The van der Waals surface area contributed by atoms with Crippen LogP contribution in [0.25, 0.3) is 0 Å². The first-order chi connectivity index (χ1) is 9.11. The van der Waals surface area contributed by atoms with E-state index in [1.54, 1.807) is 14.0 Å². The van der Waals surface area contributed by atoms with E-state index < -0.39 is 6.04 Å². The molecular weight excluding hydrogens is 246 g/mol. The Morgan fingerprint density at radius 3 is 2.79 bits per heavy atom. The lowest BCUT2D eigenvalue weighted by atomic mass is 9.88. The van der Waals surface area contributed by atoms with Crippen molar-refractivity contribution in [1.82, 2.24) is 16.0 Å². The molecule has 0 saturated carbocycles. The van der Waals surface area contributed by atoms with E-state index in [4.69, 9.17) is 4.74 Å². The van der Waals surface area contributed by atoms with Crippen LogP contribution in [0.5, 0.6) is 0 Å². The van der Waals surface area contributed by atoms with Crippen LogP contribution in [-0.4, -0.2) is 50.2 Å². The summed E-state index contributed by atoms with van der Waals surface area (Å²) in [6.45, 7) is 2.65. The lowest BCUT2D eigenvalue weighted by Gasteiger charge is -2.22. The van der Waals surface area contributed by atoms with Crippen LogP contribution in [0.4, 0.5) is 0 Å². The number of amides is 2. The summed E-state index contributed by atoms with van der Waals surface area (Å²) in [7, 11) is 1.58. The number of methoxy groups -OCH3 is 1. The number of rotatable bonds is 6. The number of carbonyl (C=O) groups excluding carboxylic acids is 2. The highest BCUT2D eigenvalue weighted by Crippen LogP contribution is 2.33. The standard InChI is InChI=1S/C13H23N3O3/c1-8(12(17)14-5-6-19-2)15-13(18)10-7-9-3-4-11(10)16-9/h8-11,16H,3-7H2,1-2H3,(H,14,17)(H,15,18). The molecule has 2 aliphatic rings. The van der Waals surface area contributed by atoms with Crippen molar-refractivity contribution in [3.8, 4) is 0 Å². The summed E-state index contributed by atoms with van der Waals surface area (Å²) in [5.74, 6) is -0.149. The normalized spacial score (nSPS) is 30.1. The Morgan fingerprint density at radius 1 is 1.42 bits per heavy atom. The monoisotopic (exact) mass is 269 g/mol. The first-order valence-electron chi connectivity index (χ1n) is 6.95. The SMILES string of the molecule is COCCNC(=O)C(C)NC(=O)C1CC2CCC1N2. The topological polar surface area (TPSA) is 79.5 Å². The fourth-order valence-corrected chi connectivity index (χ4v) is 2.93. The average Bonchev–Trinajstić information content (AvgIpc) is 3.01. The van der Waals surface area contributed by atoms with Gasteiger partial charge in [-0.3, -0.25) is 9.59 Å². The zero-order valence-electron chi connectivity index (χ0n) is 11.6. The number of hydrogen-bond donors (Lipinski definition) is 3. The van der Waals surface area contributed by atoms with Gasteiger partial charge in [0.2, 0.25) is 11.8 Å². The minimum Gasteiger partial charge on any atom is -0.383 e. The predicted octanol–water partition coefficient (Wildman–Crippen LogP) is -0.606. The summed E-state index contributed by atoms with van der Waals surface area (Å²) < 4.78 is 4.86. The highest BCUT2D eigenvalue weighted by Gasteiger charge is 2.43. The van der Waals surface area contributed by atoms with Gasteiger partial charge in [-0.25, -0.2) is 0 Å². The van der Waals surface area contributed by atoms with E-state index >= 15 is 0 Å². The summed E-state index contributed by atoms with van der Waals surface area (Å²) in [6.07, 6.45) is 3.13. The molecule has 0 aromatic carbocycles. The van der Waals surface area contributed by atoms with Gasteiger partial charge in [0.15, 0.2) is 0 Å². The molecule has 6 nitrogen and oxygen atoms in total. The maximum atomic E-state index is 12.1. The Hall–Kier alpha value is -1.14. The third-order valence-electron chi connectivity index (χ3n) is 3.99. The predicted molar refractivity (Wildman–Crippen MR) is 70.5 cm³/mol. The van der Waals surface area contributed by atoms with Gasteiger partial charge in [0.25, 0.3) is 0 Å². The van der Waals surface area contributed by atoms with Crippen LogP contribution >= 0.6 is 0 Å². The quantitative estimate of drug-likeness (QED) is 0.562. The molecule has 0 radical (unpaired) electrons. The number of nitrogens with one attached hydrogen (secondary N) is 3. The molecule has 2 saturated heterocycles. The summed E-state index contributed by atoms with van der Waals surface area (Å²) >= 11 is 0. The molecule has 0 spiro atoms. The molecule has 4 unspecified atom stereocenters. The van der Waals surface area contributed by atoms with E-state index in [-0.39, 0.29) is 17.7 Å². The van der Waals surface area contributed by atoms with Crippen LogP contribution in [0, 0.1) is 5.92 Å². The minimum absolute atomic E-state index is 0.00547. The largest absolute Gasteiger partial charge is 0.383 e. The van der Waals surface area contributed by atoms with Gasteiger partial charge in [0.1, 0.15) is 6.04 Å². The smallest absolute Gasteiger partial charge is 0.242 e. The summed E-state index contributed by atoms with van der Waals surface area (Å²) in [4.78, 5) is 23.9. The van der Waals surface area contributed by atoms with Gasteiger partial charge in [-0.2, -0.15) is 0 Å². The Morgan fingerprint density at radius 2 is 2.21 bits per heavy atom. The van der Waals surface area contributed by atoms with Crippen molar-refractivity contribution < 1.29 is 14.3 Å². The second-order valence-corrected chi connectivity index (χ2v) is 5.40. The van der Waals surface area contributed by atoms with Gasteiger partial charge in [0, 0.05) is 25.7 Å². The van der Waals surface area contributed by atoms with Crippen LogP contribution in [0.2, 0.25) is 0 Å². The van der Waals surface area contributed by atoms with Crippen LogP contribution < -0.4 is 16.0 Å². The third kappa shape index (κ3) is 3.45. The van der Waals surface area contributed by atoms with Gasteiger partial charge in [0.05, 0.1) is 12.5 Å². The van der Waals surface area contributed by atoms with Crippen molar-refractivity contribution in [2.45, 2.75) is 44.3 Å². The van der Waals surface area contributed by atoms with Crippen molar-refractivity contribution in [1.29, 1.82) is 0 Å². The van der Waals surface area contributed by atoms with Gasteiger partial charge in [-0.1, -0.05) is 0 Å². The van der Waals surface area contributed by atoms with Crippen molar-refractivity contribution in [3.05, 3.63) is 0 Å². The molecule has 0 aromatic rings. The molecule has 2 rings (SSSR count). The Labute approximate surface area is 113 Å². The molecule has 19 heavy (non-hydrogen) atoms. The fourth-order valence-electron chi connectivity index (χ4n) is 2.93. The molecule has 2 heterocycles. The second-order valence-electron chi connectivity index (χ2n) is 5.40. The summed E-state index contributed by atoms with van der Waals surface area (Å²) in [6, 6.07) is 0.295. The highest BCUT2D eigenvalue weighted by atomic mass is 16.5. The number of hydrogen-bond acceptors (Lipinski definition) is 4. The lowest BCUT2D eigenvalue weighted by molar-refractivity contribution is -0.131. The van der Waals surface area contributed by atoms with E-state index in [0.29, 0.717) is 25.2 Å². The molecule has 2 bridgehead atoms. The lowest BCUT2D eigenvalue weighted by Crippen LogP contribution is -2.48. The fraction of sp³-hybridized carbons (Fsp3) is 0.846. The van der Waals surface area contributed by atoms with E-state index in [1.165, 1.54) is 6.42 Å². The Kier molecular flexibility index (Phi) is 4.76. The van der Waals surface area contributed by atoms with Crippen molar-refractivity contribution in [2.75, 3.05) is 20.3 Å². The minimum atomic E-state index is -0.497. The molecule has 2 amide bonds. The highest BCUT2D eigenvalue weighted by molar-refractivity contribution is 5.88. The molecule has 6 heteroatoms. The van der Waals surface area contributed by atoms with Gasteiger partial charge < -0.3 is 20.7 Å². The van der Waals surface area contributed by atoms with Crippen LogP contribution in [-0.2, 0) is 14.3 Å². The number of ether oxygens (including phenoxy) is 1. The molecule has 2 fully saturated rings. The molecule has 0 aromatic heterocycles. The van der Waals surface area contributed by atoms with Gasteiger partial charge in [-0.15, -0.1) is 0 Å². The maximum absolute atomic E-state index is 12.1. The van der Waals surface area contributed by atoms with Crippen molar-refractivity contribution in [3.63, 3.8) is 0 Å². The molecule has 4 atom stereocenters. The van der Waals surface area contributed by atoms with E-state index in [2.05, 4.69) is 16.0 Å². The Balaban J connectivity index is 1.74. The van der Waals surface area contributed by atoms with Gasteiger partial charge >= 0.3 is 0 Å². The molecule has 0 aliphatic carbocycles.